The predicted molar refractivity (Wildman–Crippen MR) is 99.7 cm³/mol. The molecule has 132 valence electrons. The Hall–Kier alpha value is -2.33. The van der Waals surface area contributed by atoms with E-state index < -0.39 is 0 Å². The fourth-order valence-electron chi connectivity index (χ4n) is 3.68. The highest BCUT2D eigenvalue weighted by Crippen LogP contribution is 2.34. The third-order valence-corrected chi connectivity index (χ3v) is 5.27. The average molecular weight is 338 g/mol. The molecule has 1 unspecified atom stereocenters. The molecule has 0 spiro atoms. The van der Waals surface area contributed by atoms with Gasteiger partial charge in [0, 0.05) is 19.0 Å². The monoisotopic (exact) mass is 338 g/mol. The molecule has 0 saturated carbocycles. The van der Waals surface area contributed by atoms with E-state index >= 15 is 0 Å². The molecule has 2 aromatic carbocycles. The van der Waals surface area contributed by atoms with Gasteiger partial charge in [-0.25, -0.2) is 0 Å². The van der Waals surface area contributed by atoms with E-state index in [0.717, 1.165) is 24.4 Å². The Bertz CT molecular complexity index is 700. The first-order valence-electron chi connectivity index (χ1n) is 8.81. The molecule has 1 aliphatic rings. The molecule has 2 N–H and O–H groups in total. The second kappa shape index (κ2) is 7.70. The first kappa shape index (κ1) is 17.5. The summed E-state index contributed by atoms with van der Waals surface area (Å²) < 4.78 is 5.19. The van der Waals surface area contributed by atoms with Crippen LogP contribution in [0.5, 0.6) is 5.75 Å². The van der Waals surface area contributed by atoms with E-state index in [0.29, 0.717) is 18.4 Å². The summed E-state index contributed by atoms with van der Waals surface area (Å²) in [6.45, 7) is 4.04. The van der Waals surface area contributed by atoms with E-state index in [4.69, 9.17) is 10.5 Å². The molecule has 4 heteroatoms. The number of benzene rings is 2. The summed E-state index contributed by atoms with van der Waals surface area (Å²) in [5.74, 6) is 1.44. The molecule has 1 aliphatic heterocycles. The van der Waals surface area contributed by atoms with Crippen LogP contribution in [0.25, 0.3) is 0 Å². The number of rotatable bonds is 5. The molecule has 3 rings (SSSR count). The number of carbonyl (C=O) groups is 1. The van der Waals surface area contributed by atoms with Gasteiger partial charge in [-0.05, 0) is 42.6 Å². The van der Waals surface area contributed by atoms with E-state index in [9.17, 15) is 4.79 Å². The second-order valence-electron chi connectivity index (χ2n) is 6.75. The number of nitrogens with two attached hydrogens (primary N) is 1. The van der Waals surface area contributed by atoms with Gasteiger partial charge < -0.3 is 15.4 Å². The minimum absolute atomic E-state index is 0.168. The molecule has 2 aromatic rings. The second-order valence-corrected chi connectivity index (χ2v) is 6.75. The molecule has 1 fully saturated rings. The molecular formula is C21H26N2O2. The molecule has 0 aromatic heterocycles. The van der Waals surface area contributed by atoms with Gasteiger partial charge in [0.15, 0.2) is 0 Å². The number of ether oxygens (including phenoxy) is 1. The quantitative estimate of drug-likeness (QED) is 0.912. The summed E-state index contributed by atoms with van der Waals surface area (Å²) in [6.07, 6.45) is 0. The van der Waals surface area contributed by atoms with Gasteiger partial charge in [-0.3, -0.25) is 4.79 Å². The third-order valence-electron chi connectivity index (χ3n) is 5.27. The summed E-state index contributed by atoms with van der Waals surface area (Å²) in [7, 11) is 1.64. The van der Waals surface area contributed by atoms with Gasteiger partial charge in [-0.2, -0.15) is 0 Å². The zero-order valence-corrected chi connectivity index (χ0v) is 14.9. The zero-order chi connectivity index (χ0) is 17.8. The third kappa shape index (κ3) is 3.69. The van der Waals surface area contributed by atoms with Crippen LogP contribution in [0.2, 0.25) is 0 Å². The molecule has 1 amide bonds. The van der Waals surface area contributed by atoms with Gasteiger partial charge in [0.25, 0.3) is 0 Å². The van der Waals surface area contributed by atoms with Crippen molar-refractivity contribution >= 4 is 5.91 Å². The maximum Gasteiger partial charge on any atom is 0.229 e. The van der Waals surface area contributed by atoms with Crippen molar-refractivity contribution in [3.05, 3.63) is 65.7 Å². The summed E-state index contributed by atoms with van der Waals surface area (Å²) in [5, 5.41) is 0. The normalized spacial score (nSPS) is 21.2. The van der Waals surface area contributed by atoms with E-state index in [1.165, 1.54) is 5.56 Å². The van der Waals surface area contributed by atoms with Crippen molar-refractivity contribution < 1.29 is 9.53 Å². The number of methoxy groups -OCH3 is 1. The Morgan fingerprint density at radius 3 is 2.44 bits per heavy atom. The Labute approximate surface area is 149 Å². The maximum absolute atomic E-state index is 13.0. The summed E-state index contributed by atoms with van der Waals surface area (Å²) in [6, 6.07) is 18.1. The molecule has 1 saturated heterocycles. The Balaban J connectivity index is 1.73. The van der Waals surface area contributed by atoms with Crippen molar-refractivity contribution in [2.45, 2.75) is 18.8 Å². The molecule has 0 aliphatic carbocycles. The van der Waals surface area contributed by atoms with Crippen molar-refractivity contribution in [1.29, 1.82) is 0 Å². The fraction of sp³-hybridized carbons (Fsp3) is 0.381. The van der Waals surface area contributed by atoms with Crippen molar-refractivity contribution in [2.75, 3.05) is 26.7 Å². The Morgan fingerprint density at radius 2 is 1.84 bits per heavy atom. The summed E-state index contributed by atoms with van der Waals surface area (Å²) in [5.41, 5.74) is 8.27. The fourth-order valence-corrected chi connectivity index (χ4v) is 3.68. The van der Waals surface area contributed by atoms with Crippen LogP contribution in [0.1, 0.15) is 29.9 Å². The first-order chi connectivity index (χ1) is 12.1. The van der Waals surface area contributed by atoms with Crippen LogP contribution in [0.3, 0.4) is 0 Å². The summed E-state index contributed by atoms with van der Waals surface area (Å²) in [4.78, 5) is 15.0. The van der Waals surface area contributed by atoms with E-state index in [2.05, 4.69) is 12.1 Å². The van der Waals surface area contributed by atoms with Crippen molar-refractivity contribution in [1.82, 2.24) is 4.90 Å². The lowest BCUT2D eigenvalue weighted by atomic mass is 9.89. The Kier molecular flexibility index (Phi) is 5.39. The van der Waals surface area contributed by atoms with Crippen LogP contribution in [0.4, 0.5) is 0 Å². The first-order valence-corrected chi connectivity index (χ1v) is 8.81. The van der Waals surface area contributed by atoms with Gasteiger partial charge in [0.2, 0.25) is 5.91 Å². The molecular weight excluding hydrogens is 312 g/mol. The van der Waals surface area contributed by atoms with Gasteiger partial charge in [0.05, 0.1) is 13.0 Å². The minimum atomic E-state index is -0.168. The topological polar surface area (TPSA) is 55.6 Å². The van der Waals surface area contributed by atoms with E-state index in [1.807, 2.05) is 54.3 Å². The van der Waals surface area contributed by atoms with Crippen molar-refractivity contribution in [3.8, 4) is 5.75 Å². The highest BCUT2D eigenvalue weighted by Gasteiger charge is 2.36. The number of hydrogen-bond donors (Lipinski definition) is 1. The van der Waals surface area contributed by atoms with E-state index in [-0.39, 0.29) is 11.8 Å². The van der Waals surface area contributed by atoms with Crippen LogP contribution in [-0.4, -0.2) is 37.6 Å². The van der Waals surface area contributed by atoms with Crippen molar-refractivity contribution in [2.24, 2.45) is 11.7 Å². The van der Waals surface area contributed by atoms with E-state index in [1.54, 1.807) is 7.11 Å². The zero-order valence-electron chi connectivity index (χ0n) is 14.9. The van der Waals surface area contributed by atoms with Crippen LogP contribution in [0, 0.1) is 5.92 Å². The lowest BCUT2D eigenvalue weighted by molar-refractivity contribution is -0.131. The number of likely N-dealkylation sites (tertiary alicyclic amines) is 1. The smallest absolute Gasteiger partial charge is 0.229 e. The lowest BCUT2D eigenvalue weighted by Crippen LogP contribution is -2.33. The van der Waals surface area contributed by atoms with Gasteiger partial charge in [-0.15, -0.1) is 0 Å². The maximum atomic E-state index is 13.0. The van der Waals surface area contributed by atoms with Crippen LogP contribution in [0.15, 0.2) is 54.6 Å². The number of carbonyl (C=O) groups excluding carboxylic acids is 1. The largest absolute Gasteiger partial charge is 0.497 e. The highest BCUT2D eigenvalue weighted by atomic mass is 16.5. The molecule has 3 atom stereocenters. The predicted octanol–water partition coefficient (Wildman–Crippen LogP) is 3.00. The van der Waals surface area contributed by atoms with Gasteiger partial charge >= 0.3 is 0 Å². The Morgan fingerprint density at radius 1 is 1.16 bits per heavy atom. The highest BCUT2D eigenvalue weighted by molar-refractivity contribution is 5.83. The number of hydrogen-bond acceptors (Lipinski definition) is 3. The minimum Gasteiger partial charge on any atom is -0.497 e. The molecule has 4 nitrogen and oxygen atoms in total. The van der Waals surface area contributed by atoms with Gasteiger partial charge in [0.1, 0.15) is 5.75 Å². The van der Waals surface area contributed by atoms with Gasteiger partial charge in [-0.1, -0.05) is 42.5 Å². The van der Waals surface area contributed by atoms with Crippen molar-refractivity contribution in [3.63, 3.8) is 0 Å². The van der Waals surface area contributed by atoms with Crippen LogP contribution in [-0.2, 0) is 4.79 Å². The number of nitrogens with zero attached hydrogens (tertiary/aromatic N) is 1. The molecule has 25 heavy (non-hydrogen) atoms. The van der Waals surface area contributed by atoms with Crippen LogP contribution < -0.4 is 10.5 Å². The van der Waals surface area contributed by atoms with Crippen LogP contribution >= 0.6 is 0 Å². The SMILES string of the molecule is COc1ccc(C(C)C(=O)N2C[C@@H](CN)[C@H](c3ccccc3)C2)cc1. The molecule has 0 radical (unpaired) electrons. The summed E-state index contributed by atoms with van der Waals surface area (Å²) >= 11 is 0. The standard InChI is InChI=1S/C21H26N2O2/c1-15(16-8-10-19(25-2)11-9-16)21(24)23-13-18(12-22)20(14-23)17-6-4-3-5-7-17/h3-11,15,18,20H,12-14,22H2,1-2H3/t15?,18-,20+/m1/s1. The lowest BCUT2D eigenvalue weighted by Gasteiger charge is -2.21. The molecule has 0 bridgehead atoms. The number of amides is 1. The average Bonchev–Trinajstić information content (AvgIpc) is 3.12. The molecule has 1 heterocycles.